The van der Waals surface area contributed by atoms with Crippen molar-refractivity contribution in [2.45, 2.75) is 38.9 Å². The third-order valence-electron chi connectivity index (χ3n) is 7.26. The molecule has 0 amide bonds. The van der Waals surface area contributed by atoms with E-state index >= 15 is 0 Å². The van der Waals surface area contributed by atoms with Crippen LogP contribution in [0.1, 0.15) is 27.7 Å². The molecule has 5 aromatic rings. The van der Waals surface area contributed by atoms with Crippen molar-refractivity contribution in [3.63, 3.8) is 0 Å². The Kier molecular flexibility index (Phi) is 3.96. The maximum Gasteiger partial charge on any atom is 0.310 e. The van der Waals surface area contributed by atoms with Crippen molar-refractivity contribution in [1.82, 2.24) is 0 Å². The zero-order valence-electron chi connectivity index (χ0n) is 18.8. The smallest absolute Gasteiger partial charge is 0.310 e. The van der Waals surface area contributed by atoms with Gasteiger partial charge in [0.2, 0.25) is 0 Å². The molecule has 0 spiro atoms. The van der Waals surface area contributed by atoms with Gasteiger partial charge in [-0.25, -0.2) is 0 Å². The first-order chi connectivity index (χ1) is 15.3. The monoisotopic (exact) mass is 420 g/mol. The molecule has 0 fully saturated rings. The molecule has 1 aliphatic rings. The first-order valence-corrected chi connectivity index (χ1v) is 11.1. The van der Waals surface area contributed by atoms with Gasteiger partial charge in [-0.05, 0) is 66.7 Å². The van der Waals surface area contributed by atoms with Gasteiger partial charge in [-0.3, -0.25) is 0 Å². The van der Waals surface area contributed by atoms with Crippen molar-refractivity contribution in [3.05, 3.63) is 66.7 Å². The van der Waals surface area contributed by atoms with Gasteiger partial charge in [0.05, 0.1) is 11.2 Å². The average molecular weight is 420 g/mol. The van der Waals surface area contributed by atoms with Gasteiger partial charge in [-0.2, -0.15) is 0 Å². The Morgan fingerprint density at radius 2 is 1.53 bits per heavy atom. The van der Waals surface area contributed by atoms with Crippen LogP contribution in [0.2, 0.25) is 0 Å². The van der Waals surface area contributed by atoms with Gasteiger partial charge in [0, 0.05) is 16.3 Å². The number of hydrogen-bond donors (Lipinski definition) is 1. The second-order valence-electron chi connectivity index (χ2n) is 9.83. The molecule has 0 unspecified atom stereocenters. The summed E-state index contributed by atoms with van der Waals surface area (Å²) < 4.78 is 12.8. The fourth-order valence-electron chi connectivity index (χ4n) is 4.78. The molecule has 1 N–H and O–H groups in total. The quantitative estimate of drug-likeness (QED) is 0.360. The summed E-state index contributed by atoms with van der Waals surface area (Å²) in [7, 11) is 0.386. The third-order valence-corrected chi connectivity index (χ3v) is 7.26. The Labute approximate surface area is 187 Å². The highest BCUT2D eigenvalue weighted by Gasteiger charge is 2.36. The lowest BCUT2D eigenvalue weighted by Gasteiger charge is -2.37. The van der Waals surface area contributed by atoms with Crippen LogP contribution >= 0.6 is 0 Å². The number of fused-ring (bicyclic) bond motifs is 7. The Bertz CT molecular complexity index is 1530. The van der Waals surface area contributed by atoms with E-state index in [0.29, 0.717) is 7.48 Å². The van der Waals surface area contributed by atoms with Crippen LogP contribution < -0.4 is 5.46 Å². The molecule has 0 atom stereocenters. The van der Waals surface area contributed by atoms with E-state index in [9.17, 15) is 5.11 Å². The maximum absolute atomic E-state index is 10.6. The topological polar surface area (TPSA) is 42.6 Å². The maximum atomic E-state index is 10.6. The molecule has 1 heterocycles. The van der Waals surface area contributed by atoms with E-state index < -0.39 is 11.2 Å². The summed E-state index contributed by atoms with van der Waals surface area (Å²) in [6, 6.07) is 23.4. The summed E-state index contributed by atoms with van der Waals surface area (Å²) in [4.78, 5) is 0. The Morgan fingerprint density at radius 3 is 2.28 bits per heavy atom. The highest BCUT2D eigenvalue weighted by Crippen LogP contribution is 2.50. The number of para-hydroxylation sites is 1. The molecule has 3 nitrogen and oxygen atoms in total. The molecule has 0 radical (unpaired) electrons. The summed E-state index contributed by atoms with van der Waals surface area (Å²) in [5.74, 6) is 0. The molecular formula is C28H25BO3. The van der Waals surface area contributed by atoms with E-state index in [0.717, 1.165) is 33.0 Å². The molecule has 6 rings (SSSR count). The lowest BCUT2D eigenvalue weighted by molar-refractivity contribution is -0.0893. The van der Waals surface area contributed by atoms with Crippen LogP contribution in [0.4, 0.5) is 0 Å². The van der Waals surface area contributed by atoms with Crippen molar-refractivity contribution < 1.29 is 14.2 Å². The predicted octanol–water partition coefficient (Wildman–Crippen LogP) is 5.93. The summed E-state index contributed by atoms with van der Waals surface area (Å²) in [6.45, 7) is 7.44. The summed E-state index contributed by atoms with van der Waals surface area (Å²) in [5, 5.41) is 15.3. The fraction of sp³-hybridized carbons (Fsp3) is 0.214. The second kappa shape index (κ2) is 6.47. The van der Waals surface area contributed by atoms with Crippen LogP contribution in [0, 0.1) is 0 Å². The predicted molar refractivity (Wildman–Crippen MR) is 134 cm³/mol. The zero-order valence-corrected chi connectivity index (χ0v) is 18.8. The number of hydrogen-bond acceptors (Lipinski definition) is 3. The molecule has 4 aromatic carbocycles. The van der Waals surface area contributed by atoms with Crippen LogP contribution in [-0.4, -0.2) is 23.8 Å². The Hall–Kier alpha value is -3.08. The molecule has 0 saturated heterocycles. The molecule has 1 aliphatic carbocycles. The van der Waals surface area contributed by atoms with Crippen molar-refractivity contribution >= 4 is 45.7 Å². The number of furan rings is 1. The first kappa shape index (κ1) is 19.6. The van der Waals surface area contributed by atoms with E-state index in [1.54, 1.807) is 13.8 Å². The van der Waals surface area contributed by atoms with Crippen molar-refractivity contribution in [2.75, 3.05) is 0 Å². The number of aliphatic hydroxyl groups is 1. The van der Waals surface area contributed by atoms with Gasteiger partial charge >= 0.3 is 7.48 Å². The molecule has 4 heteroatoms. The van der Waals surface area contributed by atoms with Gasteiger partial charge in [-0.1, -0.05) is 60.7 Å². The van der Waals surface area contributed by atoms with Crippen LogP contribution in [0.5, 0.6) is 0 Å². The van der Waals surface area contributed by atoms with Crippen molar-refractivity contribution in [3.8, 4) is 22.3 Å². The largest absolute Gasteiger partial charge is 0.455 e. The first-order valence-electron chi connectivity index (χ1n) is 11.1. The number of rotatable bonds is 4. The van der Waals surface area contributed by atoms with Gasteiger partial charge in [0.15, 0.2) is 0 Å². The lowest BCUT2D eigenvalue weighted by atomic mass is 9.78. The lowest BCUT2D eigenvalue weighted by Crippen LogP contribution is -2.49. The van der Waals surface area contributed by atoms with E-state index in [-0.39, 0.29) is 0 Å². The molecule has 158 valence electrons. The van der Waals surface area contributed by atoms with Crippen LogP contribution in [-0.2, 0) is 4.65 Å². The number of benzene rings is 4. The van der Waals surface area contributed by atoms with Gasteiger partial charge in [0.1, 0.15) is 11.2 Å². The third kappa shape index (κ3) is 2.63. The molecule has 32 heavy (non-hydrogen) atoms. The minimum Gasteiger partial charge on any atom is -0.455 e. The highest BCUT2D eigenvalue weighted by atomic mass is 16.5. The normalized spacial score (nSPS) is 13.3. The van der Waals surface area contributed by atoms with Gasteiger partial charge < -0.3 is 14.2 Å². The van der Waals surface area contributed by atoms with Crippen LogP contribution in [0.15, 0.2) is 71.1 Å². The second-order valence-corrected chi connectivity index (χ2v) is 9.83. The van der Waals surface area contributed by atoms with Gasteiger partial charge in [0.25, 0.3) is 0 Å². The standard InChI is InChI=1S/C28H25BO3/c1-27(2,30)28(3,4)32-29-21-15-20-17-12-7-9-16-10-8-13-19(23(16)17)24(20)26-25(21)18-11-5-6-14-22(18)31-26/h5-15,29-30H,1-4H3. The Morgan fingerprint density at radius 1 is 0.812 bits per heavy atom. The minimum atomic E-state index is -0.969. The van der Waals surface area contributed by atoms with Crippen LogP contribution in [0.25, 0.3) is 55.0 Å². The summed E-state index contributed by atoms with van der Waals surface area (Å²) in [5.41, 5.74) is 5.99. The summed E-state index contributed by atoms with van der Waals surface area (Å²) in [6.07, 6.45) is 0. The molecule has 0 aliphatic heterocycles. The SMILES string of the molecule is CC(C)(O)C(C)(C)OBc1cc2c(c3oc4ccccc4c13)-c1cccc3cccc-2c13. The zero-order chi connectivity index (χ0) is 22.3. The van der Waals surface area contributed by atoms with E-state index in [4.69, 9.17) is 9.07 Å². The van der Waals surface area contributed by atoms with Crippen molar-refractivity contribution in [1.29, 1.82) is 0 Å². The van der Waals surface area contributed by atoms with E-state index in [2.05, 4.69) is 48.5 Å². The van der Waals surface area contributed by atoms with E-state index in [1.165, 1.54) is 27.5 Å². The minimum absolute atomic E-state index is 0.386. The average Bonchev–Trinajstić information content (AvgIpc) is 3.29. The van der Waals surface area contributed by atoms with E-state index in [1.807, 2.05) is 32.0 Å². The molecular weight excluding hydrogens is 395 g/mol. The molecule has 1 aromatic heterocycles. The van der Waals surface area contributed by atoms with Crippen LogP contribution in [0.3, 0.4) is 0 Å². The fourth-order valence-corrected chi connectivity index (χ4v) is 4.78. The van der Waals surface area contributed by atoms with Gasteiger partial charge in [-0.15, -0.1) is 0 Å². The summed E-state index contributed by atoms with van der Waals surface area (Å²) >= 11 is 0. The van der Waals surface area contributed by atoms with Crippen molar-refractivity contribution in [2.24, 2.45) is 0 Å². The highest BCUT2D eigenvalue weighted by molar-refractivity contribution is 6.54. The molecule has 0 bridgehead atoms. The molecule has 0 saturated carbocycles. The Balaban J connectivity index is 1.65.